The van der Waals surface area contributed by atoms with Gasteiger partial charge in [0.25, 0.3) is 0 Å². The zero-order valence-corrected chi connectivity index (χ0v) is 15.6. The van der Waals surface area contributed by atoms with Crippen molar-refractivity contribution in [2.45, 2.75) is 51.8 Å². The van der Waals surface area contributed by atoms with Gasteiger partial charge in [-0.05, 0) is 43.2 Å². The summed E-state index contributed by atoms with van der Waals surface area (Å²) >= 11 is 0. The lowest BCUT2D eigenvalue weighted by Gasteiger charge is -2.25. The molecule has 134 valence electrons. The number of benzene rings is 1. The van der Waals surface area contributed by atoms with Gasteiger partial charge in [0, 0.05) is 13.1 Å². The third-order valence-electron chi connectivity index (χ3n) is 4.35. The first kappa shape index (κ1) is 18.9. The SMILES string of the molecule is Cc1ccccc1CS(=O)(=O)N[C@@H](CC(C)C)C(=O)N1CCCC1. The van der Waals surface area contributed by atoms with Crippen molar-refractivity contribution in [1.82, 2.24) is 9.62 Å². The van der Waals surface area contributed by atoms with Gasteiger partial charge in [-0.1, -0.05) is 38.1 Å². The first-order valence-electron chi connectivity index (χ1n) is 8.62. The summed E-state index contributed by atoms with van der Waals surface area (Å²) in [5.41, 5.74) is 1.70. The first-order chi connectivity index (χ1) is 11.3. The van der Waals surface area contributed by atoms with Crippen LogP contribution in [0, 0.1) is 12.8 Å². The molecule has 0 aliphatic carbocycles. The van der Waals surface area contributed by atoms with Crippen LogP contribution >= 0.6 is 0 Å². The van der Waals surface area contributed by atoms with Gasteiger partial charge in [0.15, 0.2) is 0 Å². The van der Waals surface area contributed by atoms with Crippen LogP contribution < -0.4 is 4.72 Å². The fraction of sp³-hybridized carbons (Fsp3) is 0.611. The maximum absolute atomic E-state index is 12.7. The molecule has 1 aromatic rings. The molecule has 0 bridgehead atoms. The van der Waals surface area contributed by atoms with Crippen molar-refractivity contribution >= 4 is 15.9 Å². The molecule has 1 aliphatic heterocycles. The molecule has 1 heterocycles. The Hall–Kier alpha value is -1.40. The van der Waals surface area contributed by atoms with Crippen molar-refractivity contribution in [2.75, 3.05) is 13.1 Å². The molecule has 1 amide bonds. The minimum Gasteiger partial charge on any atom is -0.341 e. The minimum atomic E-state index is -3.57. The van der Waals surface area contributed by atoms with E-state index in [4.69, 9.17) is 0 Å². The van der Waals surface area contributed by atoms with Crippen molar-refractivity contribution in [3.63, 3.8) is 0 Å². The molecule has 0 saturated carbocycles. The molecule has 1 N–H and O–H groups in total. The Labute approximate surface area is 145 Å². The number of aryl methyl sites for hydroxylation is 1. The highest BCUT2D eigenvalue weighted by Gasteiger charge is 2.30. The molecule has 1 saturated heterocycles. The summed E-state index contributed by atoms with van der Waals surface area (Å²) in [6, 6.07) is 6.76. The molecule has 0 radical (unpaired) electrons. The molecule has 6 heteroatoms. The molecule has 2 rings (SSSR count). The average molecular weight is 353 g/mol. The average Bonchev–Trinajstić information content (AvgIpc) is 3.01. The van der Waals surface area contributed by atoms with Gasteiger partial charge in [0.2, 0.25) is 15.9 Å². The number of hydrogen-bond donors (Lipinski definition) is 1. The quantitative estimate of drug-likeness (QED) is 0.820. The number of rotatable bonds is 7. The van der Waals surface area contributed by atoms with Gasteiger partial charge in [-0.25, -0.2) is 13.1 Å². The molecule has 24 heavy (non-hydrogen) atoms. The second-order valence-corrected chi connectivity index (χ2v) is 8.77. The number of carbonyl (C=O) groups excluding carboxylic acids is 1. The van der Waals surface area contributed by atoms with Crippen LogP contribution in [-0.4, -0.2) is 38.4 Å². The topological polar surface area (TPSA) is 66.5 Å². The van der Waals surface area contributed by atoms with Gasteiger partial charge < -0.3 is 4.90 Å². The molecule has 0 spiro atoms. The molecule has 1 aliphatic rings. The number of sulfonamides is 1. The number of likely N-dealkylation sites (tertiary alicyclic amines) is 1. The largest absolute Gasteiger partial charge is 0.341 e. The number of nitrogens with zero attached hydrogens (tertiary/aromatic N) is 1. The molecule has 0 unspecified atom stereocenters. The fourth-order valence-electron chi connectivity index (χ4n) is 3.06. The zero-order valence-electron chi connectivity index (χ0n) is 14.8. The van der Waals surface area contributed by atoms with Gasteiger partial charge in [-0.3, -0.25) is 4.79 Å². The molecule has 5 nitrogen and oxygen atoms in total. The summed E-state index contributed by atoms with van der Waals surface area (Å²) in [4.78, 5) is 14.5. The van der Waals surface area contributed by atoms with Crippen molar-refractivity contribution in [3.05, 3.63) is 35.4 Å². The van der Waals surface area contributed by atoms with Gasteiger partial charge >= 0.3 is 0 Å². The van der Waals surface area contributed by atoms with Crippen LogP contribution in [-0.2, 0) is 20.6 Å². The Balaban J connectivity index is 2.12. The smallest absolute Gasteiger partial charge is 0.240 e. The van der Waals surface area contributed by atoms with E-state index in [1.807, 2.05) is 45.0 Å². The summed E-state index contributed by atoms with van der Waals surface area (Å²) in [6.07, 6.45) is 2.51. The fourth-order valence-corrected chi connectivity index (χ4v) is 4.51. The summed E-state index contributed by atoms with van der Waals surface area (Å²) < 4.78 is 27.8. The predicted octanol–water partition coefficient (Wildman–Crippen LogP) is 2.45. The van der Waals surface area contributed by atoms with E-state index in [2.05, 4.69) is 4.72 Å². The molecule has 1 aromatic carbocycles. The maximum Gasteiger partial charge on any atom is 0.240 e. The van der Waals surface area contributed by atoms with Crippen LogP contribution in [0.25, 0.3) is 0 Å². The molecule has 1 atom stereocenters. The lowest BCUT2D eigenvalue weighted by Crippen LogP contribution is -2.48. The predicted molar refractivity (Wildman–Crippen MR) is 96.0 cm³/mol. The van der Waals surface area contributed by atoms with Crippen molar-refractivity contribution < 1.29 is 13.2 Å². The van der Waals surface area contributed by atoms with Gasteiger partial charge in [-0.2, -0.15) is 0 Å². The monoisotopic (exact) mass is 352 g/mol. The van der Waals surface area contributed by atoms with Crippen molar-refractivity contribution in [2.24, 2.45) is 5.92 Å². The molecule has 1 fully saturated rings. The van der Waals surface area contributed by atoms with E-state index in [0.29, 0.717) is 6.42 Å². The van der Waals surface area contributed by atoms with Crippen LogP contribution in [0.15, 0.2) is 24.3 Å². The van der Waals surface area contributed by atoms with E-state index in [9.17, 15) is 13.2 Å². The highest BCUT2D eigenvalue weighted by Crippen LogP contribution is 2.16. The van der Waals surface area contributed by atoms with Gasteiger partial charge in [0.05, 0.1) is 5.75 Å². The molecular formula is C18H28N2O3S. The summed E-state index contributed by atoms with van der Waals surface area (Å²) in [5.74, 6) is 0.0546. The normalized spacial score (nSPS) is 16.6. The van der Waals surface area contributed by atoms with E-state index in [1.54, 1.807) is 4.90 Å². The van der Waals surface area contributed by atoms with Crippen LogP contribution in [0.4, 0.5) is 0 Å². The maximum atomic E-state index is 12.7. The highest BCUT2D eigenvalue weighted by atomic mass is 32.2. The summed E-state index contributed by atoms with van der Waals surface area (Å²) in [6.45, 7) is 7.35. The Morgan fingerprint density at radius 1 is 1.21 bits per heavy atom. The van der Waals surface area contributed by atoms with E-state index < -0.39 is 16.1 Å². The number of carbonyl (C=O) groups is 1. The molecular weight excluding hydrogens is 324 g/mol. The third kappa shape index (κ3) is 5.31. The standard InChI is InChI=1S/C18H28N2O3S/c1-14(2)12-17(18(21)20-10-6-7-11-20)19-24(22,23)13-16-9-5-4-8-15(16)3/h4-5,8-9,14,17,19H,6-7,10-13H2,1-3H3/t17-/m0/s1. The molecule has 0 aromatic heterocycles. The van der Waals surface area contributed by atoms with E-state index in [1.165, 1.54) is 0 Å². The second-order valence-electron chi connectivity index (χ2n) is 7.02. The van der Waals surface area contributed by atoms with Gasteiger partial charge in [-0.15, -0.1) is 0 Å². The Morgan fingerprint density at radius 3 is 2.42 bits per heavy atom. The van der Waals surface area contributed by atoms with Crippen LogP contribution in [0.1, 0.15) is 44.2 Å². The minimum absolute atomic E-state index is 0.0884. The lowest BCUT2D eigenvalue weighted by atomic mass is 10.0. The Bertz CT molecular complexity index is 665. The Kier molecular flexibility index (Phi) is 6.40. The lowest BCUT2D eigenvalue weighted by molar-refractivity contribution is -0.132. The highest BCUT2D eigenvalue weighted by molar-refractivity contribution is 7.88. The second kappa shape index (κ2) is 8.12. The van der Waals surface area contributed by atoms with E-state index >= 15 is 0 Å². The van der Waals surface area contributed by atoms with E-state index in [-0.39, 0.29) is 17.6 Å². The van der Waals surface area contributed by atoms with Crippen LogP contribution in [0.5, 0.6) is 0 Å². The van der Waals surface area contributed by atoms with Crippen molar-refractivity contribution in [1.29, 1.82) is 0 Å². The summed E-state index contributed by atoms with van der Waals surface area (Å²) in [5, 5.41) is 0. The Morgan fingerprint density at radius 2 is 1.83 bits per heavy atom. The van der Waals surface area contributed by atoms with Crippen LogP contribution in [0.2, 0.25) is 0 Å². The zero-order chi connectivity index (χ0) is 17.7. The number of hydrogen-bond acceptors (Lipinski definition) is 3. The van der Waals surface area contributed by atoms with E-state index in [0.717, 1.165) is 37.1 Å². The third-order valence-corrected chi connectivity index (χ3v) is 5.69. The van der Waals surface area contributed by atoms with Crippen molar-refractivity contribution in [3.8, 4) is 0 Å². The van der Waals surface area contributed by atoms with Crippen LogP contribution in [0.3, 0.4) is 0 Å². The number of amides is 1. The first-order valence-corrected chi connectivity index (χ1v) is 10.3. The van der Waals surface area contributed by atoms with Gasteiger partial charge in [0.1, 0.15) is 6.04 Å². The number of nitrogens with one attached hydrogen (secondary N) is 1. The summed E-state index contributed by atoms with van der Waals surface area (Å²) in [7, 11) is -3.57.